The number of benzene rings is 1. The minimum Gasteiger partial charge on any atom is -0.494 e. The molecule has 1 heterocycles. The van der Waals surface area contributed by atoms with Crippen LogP contribution in [0.2, 0.25) is 0 Å². The van der Waals surface area contributed by atoms with Crippen LogP contribution >= 0.6 is 0 Å². The Morgan fingerprint density at radius 1 is 1.52 bits per heavy atom. The van der Waals surface area contributed by atoms with E-state index in [4.69, 9.17) is 10.5 Å². The molecule has 0 saturated carbocycles. The Kier molecular flexibility index (Phi) is 4.64. The number of hydrogen-bond acceptors (Lipinski definition) is 5. The maximum atomic E-state index is 12.3. The highest BCUT2D eigenvalue weighted by atomic mass is 16.5. The highest BCUT2D eigenvalue weighted by Crippen LogP contribution is 2.26. The van der Waals surface area contributed by atoms with Crippen molar-refractivity contribution >= 4 is 23.2 Å². The second-order valence-electron chi connectivity index (χ2n) is 4.95. The van der Waals surface area contributed by atoms with E-state index in [1.807, 2.05) is 4.90 Å². The summed E-state index contributed by atoms with van der Waals surface area (Å²) in [5.41, 5.74) is 6.80. The first kappa shape index (κ1) is 15.1. The average Bonchev–Trinajstić information content (AvgIpc) is 2.48. The van der Waals surface area contributed by atoms with Crippen molar-refractivity contribution in [3.8, 4) is 5.75 Å². The average molecular weight is 292 g/mol. The highest BCUT2D eigenvalue weighted by molar-refractivity contribution is 5.96. The first-order valence-corrected chi connectivity index (χ1v) is 6.76. The van der Waals surface area contributed by atoms with E-state index < -0.39 is 6.04 Å². The predicted molar refractivity (Wildman–Crippen MR) is 80.1 cm³/mol. The number of nitrogens with one attached hydrogen (secondary N) is 2. The van der Waals surface area contributed by atoms with Crippen LogP contribution in [-0.2, 0) is 9.59 Å². The van der Waals surface area contributed by atoms with Gasteiger partial charge in [-0.05, 0) is 19.1 Å². The summed E-state index contributed by atoms with van der Waals surface area (Å²) in [5, 5.41) is 5.54. The summed E-state index contributed by atoms with van der Waals surface area (Å²) >= 11 is 0. The number of carbonyl (C=O) groups excluding carboxylic acids is 2. The van der Waals surface area contributed by atoms with E-state index in [-0.39, 0.29) is 18.4 Å². The molecular formula is C14H20N4O3. The Balaban J connectivity index is 2.05. The van der Waals surface area contributed by atoms with Gasteiger partial charge < -0.3 is 21.1 Å². The van der Waals surface area contributed by atoms with Crippen LogP contribution < -0.4 is 21.1 Å². The molecule has 4 N–H and O–H groups in total. The zero-order chi connectivity index (χ0) is 15.4. The molecule has 0 spiro atoms. The zero-order valence-electron chi connectivity index (χ0n) is 12.2. The van der Waals surface area contributed by atoms with Gasteiger partial charge in [0.1, 0.15) is 5.75 Å². The number of nitrogens with zero attached hydrogens (tertiary/aromatic N) is 1. The number of carbonyl (C=O) groups is 2. The number of rotatable bonds is 4. The summed E-state index contributed by atoms with van der Waals surface area (Å²) < 4.78 is 5.20. The normalized spacial score (nSPS) is 17.0. The number of hydrogen-bond donors (Lipinski definition) is 3. The standard InChI is InChI=1S/C14H20N4O3/c1-9(18-6-5-16-13(19)8-18)14(20)17-11-4-3-10(15)7-12(11)21-2/h3-4,7,9H,5-6,8,15H2,1-2H3,(H,16,19)(H,17,20). The molecule has 1 fully saturated rings. The number of methoxy groups -OCH3 is 1. The second-order valence-corrected chi connectivity index (χ2v) is 4.95. The van der Waals surface area contributed by atoms with Gasteiger partial charge in [0, 0.05) is 24.8 Å². The third-order valence-corrected chi connectivity index (χ3v) is 3.48. The van der Waals surface area contributed by atoms with Crippen LogP contribution in [0.5, 0.6) is 5.75 Å². The minimum atomic E-state index is -0.404. The number of nitrogens with two attached hydrogens (primary N) is 1. The van der Waals surface area contributed by atoms with E-state index in [1.54, 1.807) is 25.1 Å². The Morgan fingerprint density at radius 3 is 2.95 bits per heavy atom. The summed E-state index contributed by atoms with van der Waals surface area (Å²) in [6.45, 7) is 3.21. The monoisotopic (exact) mass is 292 g/mol. The van der Waals surface area contributed by atoms with Crippen molar-refractivity contribution in [2.45, 2.75) is 13.0 Å². The van der Waals surface area contributed by atoms with Gasteiger partial charge in [0.2, 0.25) is 11.8 Å². The smallest absolute Gasteiger partial charge is 0.241 e. The molecule has 7 nitrogen and oxygen atoms in total. The van der Waals surface area contributed by atoms with Gasteiger partial charge in [0.25, 0.3) is 0 Å². The zero-order valence-corrected chi connectivity index (χ0v) is 12.2. The van der Waals surface area contributed by atoms with Gasteiger partial charge in [-0.2, -0.15) is 0 Å². The topological polar surface area (TPSA) is 96.7 Å². The van der Waals surface area contributed by atoms with E-state index in [0.29, 0.717) is 30.2 Å². The molecule has 7 heteroatoms. The minimum absolute atomic E-state index is 0.0639. The van der Waals surface area contributed by atoms with Gasteiger partial charge in [-0.25, -0.2) is 0 Å². The molecule has 1 unspecified atom stereocenters. The van der Waals surface area contributed by atoms with Crippen LogP contribution in [-0.4, -0.2) is 49.5 Å². The molecule has 1 aromatic rings. The van der Waals surface area contributed by atoms with Crippen molar-refractivity contribution in [1.82, 2.24) is 10.2 Å². The summed E-state index contributed by atoms with van der Waals surface area (Å²) in [6.07, 6.45) is 0. The largest absolute Gasteiger partial charge is 0.494 e. The molecule has 21 heavy (non-hydrogen) atoms. The van der Waals surface area contributed by atoms with Crippen LogP contribution in [0, 0.1) is 0 Å². The summed E-state index contributed by atoms with van der Waals surface area (Å²) in [6, 6.07) is 4.63. The molecule has 1 atom stereocenters. The number of ether oxygens (including phenoxy) is 1. The van der Waals surface area contributed by atoms with Crippen LogP contribution in [0.3, 0.4) is 0 Å². The number of anilines is 2. The van der Waals surface area contributed by atoms with Crippen LogP contribution in [0.4, 0.5) is 11.4 Å². The third kappa shape index (κ3) is 3.63. The van der Waals surface area contributed by atoms with Gasteiger partial charge in [-0.1, -0.05) is 0 Å². The van der Waals surface area contributed by atoms with Crippen molar-refractivity contribution in [1.29, 1.82) is 0 Å². The molecular weight excluding hydrogens is 272 g/mol. The van der Waals surface area contributed by atoms with Crippen LogP contribution in [0.25, 0.3) is 0 Å². The highest BCUT2D eigenvalue weighted by Gasteiger charge is 2.26. The van der Waals surface area contributed by atoms with Gasteiger partial charge in [0.15, 0.2) is 0 Å². The Morgan fingerprint density at radius 2 is 2.29 bits per heavy atom. The lowest BCUT2D eigenvalue weighted by atomic mass is 10.2. The predicted octanol–water partition coefficient (Wildman–Crippen LogP) is 0.0362. The van der Waals surface area contributed by atoms with E-state index in [0.717, 1.165) is 0 Å². The van der Waals surface area contributed by atoms with Gasteiger partial charge in [-0.15, -0.1) is 0 Å². The molecule has 0 aliphatic carbocycles. The number of nitrogen functional groups attached to an aromatic ring is 1. The molecule has 2 rings (SSSR count). The maximum absolute atomic E-state index is 12.3. The first-order valence-electron chi connectivity index (χ1n) is 6.76. The Labute approximate surface area is 123 Å². The lowest BCUT2D eigenvalue weighted by Gasteiger charge is -2.31. The molecule has 1 saturated heterocycles. The fraction of sp³-hybridized carbons (Fsp3) is 0.429. The van der Waals surface area contributed by atoms with E-state index >= 15 is 0 Å². The van der Waals surface area contributed by atoms with Gasteiger partial charge in [0.05, 0.1) is 25.4 Å². The second kappa shape index (κ2) is 6.45. The van der Waals surface area contributed by atoms with E-state index in [2.05, 4.69) is 10.6 Å². The summed E-state index contributed by atoms with van der Waals surface area (Å²) in [4.78, 5) is 25.5. The first-order chi connectivity index (χ1) is 10.0. The van der Waals surface area contributed by atoms with Crippen molar-refractivity contribution in [3.63, 3.8) is 0 Å². The van der Waals surface area contributed by atoms with E-state index in [1.165, 1.54) is 7.11 Å². The lowest BCUT2D eigenvalue weighted by molar-refractivity contribution is -0.127. The van der Waals surface area contributed by atoms with Crippen molar-refractivity contribution in [3.05, 3.63) is 18.2 Å². The summed E-state index contributed by atoms with van der Waals surface area (Å²) in [5.74, 6) is 0.255. The van der Waals surface area contributed by atoms with Crippen molar-refractivity contribution in [2.75, 3.05) is 37.8 Å². The molecule has 1 aliphatic heterocycles. The quantitative estimate of drug-likeness (QED) is 0.681. The summed E-state index contributed by atoms with van der Waals surface area (Å²) in [7, 11) is 1.52. The molecule has 1 aliphatic rings. The molecule has 2 amide bonds. The van der Waals surface area contributed by atoms with Crippen molar-refractivity contribution < 1.29 is 14.3 Å². The Hall–Kier alpha value is -2.28. The fourth-order valence-corrected chi connectivity index (χ4v) is 2.20. The van der Waals surface area contributed by atoms with E-state index in [9.17, 15) is 9.59 Å². The fourth-order valence-electron chi connectivity index (χ4n) is 2.20. The molecule has 114 valence electrons. The third-order valence-electron chi connectivity index (χ3n) is 3.48. The molecule has 0 radical (unpaired) electrons. The van der Waals surface area contributed by atoms with Gasteiger partial charge >= 0.3 is 0 Å². The molecule has 0 bridgehead atoms. The lowest BCUT2D eigenvalue weighted by Crippen LogP contribution is -2.53. The number of piperazine rings is 1. The SMILES string of the molecule is COc1cc(N)ccc1NC(=O)C(C)N1CCNC(=O)C1. The molecule has 1 aromatic carbocycles. The maximum Gasteiger partial charge on any atom is 0.241 e. The molecule has 0 aromatic heterocycles. The van der Waals surface area contributed by atoms with Crippen molar-refractivity contribution in [2.24, 2.45) is 0 Å². The van der Waals surface area contributed by atoms with Crippen LogP contribution in [0.1, 0.15) is 6.92 Å². The number of amides is 2. The van der Waals surface area contributed by atoms with Gasteiger partial charge in [-0.3, -0.25) is 14.5 Å². The Bertz CT molecular complexity index is 547. The van der Waals surface area contributed by atoms with Crippen LogP contribution in [0.15, 0.2) is 18.2 Å².